The number of benzene rings is 3. The Morgan fingerprint density at radius 1 is 0.880 bits per heavy atom. The Labute approximate surface area is 148 Å². The molecule has 0 fully saturated rings. The van der Waals surface area contributed by atoms with Gasteiger partial charge in [-0.1, -0.05) is 49.4 Å². The van der Waals surface area contributed by atoms with Crippen LogP contribution in [0.5, 0.6) is 5.75 Å². The van der Waals surface area contributed by atoms with Gasteiger partial charge < -0.3 is 10.1 Å². The molecule has 0 unspecified atom stereocenters. The first-order valence-corrected chi connectivity index (χ1v) is 8.52. The number of anilines is 1. The predicted molar refractivity (Wildman–Crippen MR) is 100 cm³/mol. The van der Waals surface area contributed by atoms with Crippen LogP contribution in [-0.4, -0.2) is 0 Å². The maximum atomic E-state index is 12.9. The lowest BCUT2D eigenvalue weighted by Crippen LogP contribution is -2.02. The van der Waals surface area contributed by atoms with E-state index in [0.717, 1.165) is 29.8 Å². The molecular weight excluding hydrogens is 313 g/mol. The number of halogens is 1. The molecule has 0 saturated carbocycles. The van der Waals surface area contributed by atoms with Gasteiger partial charge in [-0.05, 0) is 53.4 Å². The standard InChI is InChI=1S/C22H22FNO/c1-2-19-7-3-4-9-22(19)24-15-18-6-5-8-21(14-18)25-16-17-10-12-20(23)13-11-17/h3-14,24H,2,15-16H2,1H3. The molecule has 0 atom stereocenters. The smallest absolute Gasteiger partial charge is 0.123 e. The molecule has 3 rings (SSSR count). The quantitative estimate of drug-likeness (QED) is 0.608. The second-order valence-corrected chi connectivity index (χ2v) is 5.93. The zero-order valence-corrected chi connectivity index (χ0v) is 14.3. The number of aryl methyl sites for hydroxylation is 1. The van der Waals surface area contributed by atoms with E-state index in [4.69, 9.17) is 4.74 Å². The van der Waals surface area contributed by atoms with Crippen LogP contribution in [0.3, 0.4) is 0 Å². The first-order valence-electron chi connectivity index (χ1n) is 8.52. The zero-order valence-electron chi connectivity index (χ0n) is 14.3. The average Bonchev–Trinajstić information content (AvgIpc) is 2.66. The van der Waals surface area contributed by atoms with Gasteiger partial charge in [0.05, 0.1) is 0 Å². The average molecular weight is 335 g/mol. The van der Waals surface area contributed by atoms with E-state index in [9.17, 15) is 4.39 Å². The summed E-state index contributed by atoms with van der Waals surface area (Å²) < 4.78 is 18.8. The van der Waals surface area contributed by atoms with Crippen LogP contribution in [0.25, 0.3) is 0 Å². The summed E-state index contributed by atoms with van der Waals surface area (Å²) in [5.41, 5.74) is 4.58. The Bertz CT molecular complexity index is 814. The fourth-order valence-electron chi connectivity index (χ4n) is 2.69. The number of nitrogens with one attached hydrogen (secondary N) is 1. The van der Waals surface area contributed by atoms with E-state index in [1.54, 1.807) is 12.1 Å². The van der Waals surface area contributed by atoms with Gasteiger partial charge in [-0.25, -0.2) is 4.39 Å². The van der Waals surface area contributed by atoms with Crippen molar-refractivity contribution in [2.75, 3.05) is 5.32 Å². The highest BCUT2D eigenvalue weighted by molar-refractivity contribution is 5.51. The van der Waals surface area contributed by atoms with Crippen LogP contribution in [0.1, 0.15) is 23.6 Å². The fraction of sp³-hybridized carbons (Fsp3) is 0.182. The van der Waals surface area contributed by atoms with Crippen LogP contribution in [0, 0.1) is 5.82 Å². The van der Waals surface area contributed by atoms with E-state index in [-0.39, 0.29) is 5.82 Å². The number of rotatable bonds is 7. The van der Waals surface area contributed by atoms with Crippen LogP contribution < -0.4 is 10.1 Å². The van der Waals surface area contributed by atoms with Crippen molar-refractivity contribution in [1.29, 1.82) is 0 Å². The number of hydrogen-bond donors (Lipinski definition) is 1. The second kappa shape index (κ2) is 8.34. The van der Waals surface area contributed by atoms with Crippen LogP contribution in [0.15, 0.2) is 72.8 Å². The van der Waals surface area contributed by atoms with Crippen molar-refractivity contribution >= 4 is 5.69 Å². The van der Waals surface area contributed by atoms with E-state index < -0.39 is 0 Å². The molecule has 0 aliphatic heterocycles. The van der Waals surface area contributed by atoms with Crippen LogP contribution >= 0.6 is 0 Å². The van der Waals surface area contributed by atoms with Gasteiger partial charge in [-0.2, -0.15) is 0 Å². The molecule has 3 aromatic rings. The van der Waals surface area contributed by atoms with E-state index in [1.165, 1.54) is 23.4 Å². The maximum absolute atomic E-state index is 12.9. The highest BCUT2D eigenvalue weighted by Gasteiger charge is 2.02. The summed E-state index contributed by atoms with van der Waals surface area (Å²) in [6, 6.07) is 22.8. The van der Waals surface area contributed by atoms with Gasteiger partial charge in [0.1, 0.15) is 18.2 Å². The van der Waals surface area contributed by atoms with E-state index >= 15 is 0 Å². The van der Waals surface area contributed by atoms with Crippen LogP contribution in [0.4, 0.5) is 10.1 Å². The molecule has 0 bridgehead atoms. The molecule has 0 aliphatic carbocycles. The van der Waals surface area contributed by atoms with Gasteiger partial charge in [-0.3, -0.25) is 0 Å². The minimum absolute atomic E-state index is 0.232. The van der Waals surface area contributed by atoms with Crippen molar-refractivity contribution in [3.05, 3.63) is 95.3 Å². The SMILES string of the molecule is CCc1ccccc1NCc1cccc(OCc2ccc(F)cc2)c1. The number of para-hydroxylation sites is 1. The summed E-state index contributed by atoms with van der Waals surface area (Å²) >= 11 is 0. The highest BCUT2D eigenvalue weighted by Crippen LogP contribution is 2.19. The summed E-state index contributed by atoms with van der Waals surface area (Å²) in [7, 11) is 0. The minimum Gasteiger partial charge on any atom is -0.489 e. The largest absolute Gasteiger partial charge is 0.489 e. The van der Waals surface area contributed by atoms with Crippen molar-refractivity contribution in [1.82, 2.24) is 0 Å². The Kier molecular flexibility index (Phi) is 5.68. The Hall–Kier alpha value is -2.81. The molecule has 0 spiro atoms. The third-order valence-electron chi connectivity index (χ3n) is 4.10. The topological polar surface area (TPSA) is 21.3 Å². The minimum atomic E-state index is -0.232. The van der Waals surface area contributed by atoms with E-state index in [0.29, 0.717) is 6.61 Å². The Balaban J connectivity index is 1.60. The summed E-state index contributed by atoms with van der Waals surface area (Å²) in [6.45, 7) is 3.32. The normalized spacial score (nSPS) is 10.5. The molecule has 3 aromatic carbocycles. The summed E-state index contributed by atoms with van der Waals surface area (Å²) in [5.74, 6) is 0.580. The molecule has 2 nitrogen and oxygen atoms in total. The molecular formula is C22H22FNO. The van der Waals surface area contributed by atoms with Crippen molar-refractivity contribution in [3.63, 3.8) is 0 Å². The van der Waals surface area contributed by atoms with Gasteiger partial charge in [0, 0.05) is 12.2 Å². The van der Waals surface area contributed by atoms with E-state index in [2.05, 4.69) is 36.5 Å². The summed E-state index contributed by atoms with van der Waals surface area (Å²) in [6.07, 6.45) is 1.00. The van der Waals surface area contributed by atoms with Gasteiger partial charge in [0.2, 0.25) is 0 Å². The Morgan fingerprint density at radius 3 is 2.48 bits per heavy atom. The molecule has 0 radical (unpaired) electrons. The van der Waals surface area contributed by atoms with Gasteiger partial charge in [0.25, 0.3) is 0 Å². The third-order valence-corrected chi connectivity index (χ3v) is 4.10. The first kappa shape index (κ1) is 17.0. The summed E-state index contributed by atoms with van der Waals surface area (Å²) in [5, 5.41) is 3.49. The Morgan fingerprint density at radius 2 is 1.68 bits per heavy atom. The molecule has 0 heterocycles. The molecule has 1 N–H and O–H groups in total. The highest BCUT2D eigenvalue weighted by atomic mass is 19.1. The molecule has 3 heteroatoms. The second-order valence-electron chi connectivity index (χ2n) is 5.93. The van der Waals surface area contributed by atoms with Gasteiger partial charge >= 0.3 is 0 Å². The van der Waals surface area contributed by atoms with Crippen molar-refractivity contribution in [3.8, 4) is 5.75 Å². The number of hydrogen-bond acceptors (Lipinski definition) is 2. The van der Waals surface area contributed by atoms with Crippen molar-refractivity contribution < 1.29 is 9.13 Å². The lowest BCUT2D eigenvalue weighted by molar-refractivity contribution is 0.306. The maximum Gasteiger partial charge on any atom is 0.123 e. The molecule has 0 amide bonds. The summed E-state index contributed by atoms with van der Waals surface area (Å²) in [4.78, 5) is 0. The third kappa shape index (κ3) is 4.83. The molecule has 0 aromatic heterocycles. The van der Waals surface area contributed by atoms with Crippen molar-refractivity contribution in [2.45, 2.75) is 26.5 Å². The molecule has 0 saturated heterocycles. The predicted octanol–water partition coefficient (Wildman–Crippen LogP) is 5.58. The monoisotopic (exact) mass is 335 g/mol. The fourth-order valence-corrected chi connectivity index (χ4v) is 2.69. The van der Waals surface area contributed by atoms with E-state index in [1.807, 2.05) is 24.3 Å². The van der Waals surface area contributed by atoms with Gasteiger partial charge in [-0.15, -0.1) is 0 Å². The van der Waals surface area contributed by atoms with Crippen LogP contribution in [-0.2, 0) is 19.6 Å². The van der Waals surface area contributed by atoms with Crippen LogP contribution in [0.2, 0.25) is 0 Å². The molecule has 0 aliphatic rings. The lowest BCUT2D eigenvalue weighted by atomic mass is 10.1. The van der Waals surface area contributed by atoms with Crippen molar-refractivity contribution in [2.24, 2.45) is 0 Å². The molecule has 25 heavy (non-hydrogen) atoms. The molecule has 128 valence electrons. The van der Waals surface area contributed by atoms with Gasteiger partial charge in [0.15, 0.2) is 0 Å². The zero-order chi connectivity index (χ0) is 17.5. The lowest BCUT2D eigenvalue weighted by Gasteiger charge is -2.12. The first-order chi connectivity index (χ1) is 12.2. The number of ether oxygens (including phenoxy) is 1.